The molecule has 160 valence electrons. The molecule has 0 aliphatic carbocycles. The lowest BCUT2D eigenvalue weighted by Crippen LogP contribution is -2.25. The second kappa shape index (κ2) is 10.3. The van der Waals surface area contributed by atoms with E-state index < -0.39 is 0 Å². The predicted octanol–water partition coefficient (Wildman–Crippen LogP) is 6.37. The Balaban J connectivity index is 1.68. The van der Waals surface area contributed by atoms with Crippen LogP contribution in [0.4, 0.5) is 11.4 Å². The minimum absolute atomic E-state index is 0.0198. The van der Waals surface area contributed by atoms with Gasteiger partial charge in [-0.1, -0.05) is 48.4 Å². The first-order valence-corrected chi connectivity index (χ1v) is 11.3. The van der Waals surface area contributed by atoms with Gasteiger partial charge in [-0.3, -0.25) is 9.59 Å². The predicted molar refractivity (Wildman–Crippen MR) is 130 cm³/mol. The number of amides is 2. The van der Waals surface area contributed by atoms with Gasteiger partial charge in [-0.2, -0.15) is 0 Å². The minimum Gasteiger partial charge on any atom is -0.325 e. The SMILES string of the molecule is CCC(Sc1cccc(NC(=O)c2cccc(C)c2)c1)C(=O)Nc1ccc(C)cc1C. The van der Waals surface area contributed by atoms with E-state index in [1.165, 1.54) is 17.3 Å². The number of hydrogen-bond donors (Lipinski definition) is 2. The summed E-state index contributed by atoms with van der Waals surface area (Å²) in [5, 5.41) is 5.77. The molecule has 0 heterocycles. The summed E-state index contributed by atoms with van der Waals surface area (Å²) in [7, 11) is 0. The van der Waals surface area contributed by atoms with Crippen molar-refractivity contribution in [3.8, 4) is 0 Å². The molecule has 0 saturated heterocycles. The average molecular weight is 433 g/mol. The highest BCUT2D eigenvalue weighted by molar-refractivity contribution is 8.00. The lowest BCUT2D eigenvalue weighted by molar-refractivity contribution is -0.115. The summed E-state index contributed by atoms with van der Waals surface area (Å²) < 4.78 is 0. The lowest BCUT2D eigenvalue weighted by atomic mass is 10.1. The van der Waals surface area contributed by atoms with E-state index in [1.807, 2.05) is 82.3 Å². The molecule has 0 bridgehead atoms. The van der Waals surface area contributed by atoms with Crippen molar-refractivity contribution >= 4 is 35.0 Å². The molecule has 0 aromatic heterocycles. The van der Waals surface area contributed by atoms with Crippen molar-refractivity contribution in [1.29, 1.82) is 0 Å². The molecule has 31 heavy (non-hydrogen) atoms. The summed E-state index contributed by atoms with van der Waals surface area (Å²) in [6, 6.07) is 21.1. The van der Waals surface area contributed by atoms with Gasteiger partial charge in [-0.15, -0.1) is 11.8 Å². The first-order chi connectivity index (χ1) is 14.9. The van der Waals surface area contributed by atoms with Gasteiger partial charge in [-0.25, -0.2) is 0 Å². The van der Waals surface area contributed by atoms with Crippen molar-refractivity contribution in [3.63, 3.8) is 0 Å². The fraction of sp³-hybridized carbons (Fsp3) is 0.231. The number of thioether (sulfide) groups is 1. The Labute approximate surface area is 188 Å². The van der Waals surface area contributed by atoms with Gasteiger partial charge in [0, 0.05) is 21.8 Å². The number of benzene rings is 3. The smallest absolute Gasteiger partial charge is 0.255 e. The van der Waals surface area contributed by atoms with Crippen LogP contribution in [0, 0.1) is 20.8 Å². The highest BCUT2D eigenvalue weighted by atomic mass is 32.2. The van der Waals surface area contributed by atoms with Gasteiger partial charge < -0.3 is 10.6 Å². The van der Waals surface area contributed by atoms with E-state index in [9.17, 15) is 9.59 Å². The fourth-order valence-electron chi connectivity index (χ4n) is 3.29. The summed E-state index contributed by atoms with van der Waals surface area (Å²) >= 11 is 1.50. The molecule has 1 unspecified atom stereocenters. The van der Waals surface area contributed by atoms with Crippen molar-refractivity contribution in [1.82, 2.24) is 0 Å². The van der Waals surface area contributed by atoms with Gasteiger partial charge in [0.2, 0.25) is 5.91 Å². The van der Waals surface area contributed by atoms with E-state index in [1.54, 1.807) is 6.07 Å². The summed E-state index contributed by atoms with van der Waals surface area (Å²) in [5.41, 5.74) is 5.43. The van der Waals surface area contributed by atoms with Gasteiger partial charge >= 0.3 is 0 Å². The molecule has 2 N–H and O–H groups in total. The first-order valence-electron chi connectivity index (χ1n) is 10.4. The molecule has 0 aliphatic heterocycles. The minimum atomic E-state index is -0.233. The Morgan fingerprint density at radius 1 is 0.871 bits per heavy atom. The van der Waals surface area contributed by atoms with Crippen LogP contribution in [0.25, 0.3) is 0 Å². The quantitative estimate of drug-likeness (QED) is 0.426. The van der Waals surface area contributed by atoms with Crippen LogP contribution in [0.5, 0.6) is 0 Å². The lowest BCUT2D eigenvalue weighted by Gasteiger charge is -2.17. The third kappa shape index (κ3) is 6.22. The summed E-state index contributed by atoms with van der Waals surface area (Å²) in [5.74, 6) is -0.167. The van der Waals surface area contributed by atoms with Gasteiger partial charge in [0.15, 0.2) is 0 Å². The molecule has 3 aromatic carbocycles. The molecule has 0 aliphatic rings. The van der Waals surface area contributed by atoms with Crippen LogP contribution >= 0.6 is 11.8 Å². The number of nitrogens with one attached hydrogen (secondary N) is 2. The summed E-state index contributed by atoms with van der Waals surface area (Å²) in [4.78, 5) is 26.3. The number of aryl methyl sites for hydroxylation is 3. The number of hydrogen-bond acceptors (Lipinski definition) is 3. The number of carbonyl (C=O) groups is 2. The Hall–Kier alpha value is -3.05. The van der Waals surface area contributed by atoms with Crippen LogP contribution in [0.1, 0.15) is 40.4 Å². The highest BCUT2D eigenvalue weighted by Crippen LogP contribution is 2.29. The second-order valence-corrected chi connectivity index (χ2v) is 8.95. The normalized spacial score (nSPS) is 11.6. The zero-order chi connectivity index (χ0) is 22.4. The zero-order valence-electron chi connectivity index (χ0n) is 18.4. The largest absolute Gasteiger partial charge is 0.325 e. The van der Waals surface area contributed by atoms with E-state index >= 15 is 0 Å². The number of rotatable bonds is 7. The Bertz CT molecular complexity index is 1090. The van der Waals surface area contributed by atoms with E-state index in [-0.39, 0.29) is 17.1 Å². The standard InChI is InChI=1S/C26H28N2O2S/c1-5-24(26(30)28-23-13-12-18(3)14-19(23)4)31-22-11-7-10-21(16-22)27-25(29)20-9-6-8-17(2)15-20/h6-16,24H,5H2,1-4H3,(H,27,29)(H,28,30). The van der Waals surface area contributed by atoms with E-state index in [0.717, 1.165) is 21.7 Å². The highest BCUT2D eigenvalue weighted by Gasteiger charge is 2.19. The van der Waals surface area contributed by atoms with Gasteiger partial charge in [0.05, 0.1) is 5.25 Å². The number of anilines is 2. The van der Waals surface area contributed by atoms with Gasteiger partial charge in [-0.05, 0) is 69.2 Å². The monoisotopic (exact) mass is 432 g/mol. The molecule has 0 fully saturated rings. The van der Waals surface area contributed by atoms with Gasteiger partial charge in [0.25, 0.3) is 5.91 Å². The molecule has 0 spiro atoms. The van der Waals surface area contributed by atoms with Crippen LogP contribution in [-0.2, 0) is 4.79 Å². The van der Waals surface area contributed by atoms with Crippen LogP contribution in [0.2, 0.25) is 0 Å². The molecule has 3 aromatic rings. The molecular weight excluding hydrogens is 404 g/mol. The van der Waals surface area contributed by atoms with E-state index in [0.29, 0.717) is 17.7 Å². The van der Waals surface area contributed by atoms with Crippen LogP contribution < -0.4 is 10.6 Å². The molecule has 1 atom stereocenters. The van der Waals surface area contributed by atoms with Crippen molar-refractivity contribution in [3.05, 3.63) is 89.0 Å². The maximum absolute atomic E-state index is 12.9. The number of carbonyl (C=O) groups excluding carboxylic acids is 2. The average Bonchev–Trinajstić information content (AvgIpc) is 2.74. The molecule has 0 radical (unpaired) electrons. The molecule has 5 heteroatoms. The topological polar surface area (TPSA) is 58.2 Å². The van der Waals surface area contributed by atoms with Crippen LogP contribution in [-0.4, -0.2) is 17.1 Å². The fourth-order valence-corrected chi connectivity index (χ4v) is 4.30. The van der Waals surface area contributed by atoms with Crippen LogP contribution in [0.15, 0.2) is 71.6 Å². The Morgan fingerprint density at radius 2 is 1.61 bits per heavy atom. The summed E-state index contributed by atoms with van der Waals surface area (Å²) in [6.45, 7) is 8.00. The van der Waals surface area contributed by atoms with Gasteiger partial charge in [0.1, 0.15) is 0 Å². The van der Waals surface area contributed by atoms with Crippen molar-refractivity contribution < 1.29 is 9.59 Å². The molecule has 4 nitrogen and oxygen atoms in total. The third-order valence-corrected chi connectivity index (χ3v) is 6.31. The first kappa shape index (κ1) is 22.6. The van der Waals surface area contributed by atoms with Crippen LogP contribution in [0.3, 0.4) is 0 Å². The van der Waals surface area contributed by atoms with Crippen molar-refractivity contribution in [2.75, 3.05) is 10.6 Å². The molecule has 2 amide bonds. The molecule has 0 saturated carbocycles. The van der Waals surface area contributed by atoms with Crippen molar-refractivity contribution in [2.45, 2.75) is 44.3 Å². The maximum atomic E-state index is 12.9. The van der Waals surface area contributed by atoms with Crippen molar-refractivity contribution in [2.24, 2.45) is 0 Å². The van der Waals surface area contributed by atoms with E-state index in [2.05, 4.69) is 16.7 Å². The van der Waals surface area contributed by atoms with E-state index in [4.69, 9.17) is 0 Å². The maximum Gasteiger partial charge on any atom is 0.255 e. The summed E-state index contributed by atoms with van der Waals surface area (Å²) in [6.07, 6.45) is 0.696. The zero-order valence-corrected chi connectivity index (χ0v) is 19.2. The second-order valence-electron chi connectivity index (χ2n) is 7.67. The Morgan fingerprint density at radius 3 is 2.32 bits per heavy atom. The molecule has 3 rings (SSSR count). The molecular formula is C26H28N2O2S. The Kier molecular flexibility index (Phi) is 7.53. The third-order valence-electron chi connectivity index (χ3n) is 4.95.